The van der Waals surface area contributed by atoms with Crippen LogP contribution < -0.4 is 36.4 Å². The van der Waals surface area contributed by atoms with Gasteiger partial charge in [0.2, 0.25) is 0 Å². The van der Waals surface area contributed by atoms with E-state index in [0.717, 1.165) is 132 Å². The van der Waals surface area contributed by atoms with E-state index in [-0.39, 0.29) is 32.9 Å². The van der Waals surface area contributed by atoms with Gasteiger partial charge in [-0.15, -0.1) is 0 Å². The number of aliphatic hydroxyl groups is 1. The lowest BCUT2D eigenvalue weighted by atomic mass is 10.0. The molecule has 107 heavy (non-hydrogen) atoms. The van der Waals surface area contributed by atoms with Gasteiger partial charge in [-0.3, -0.25) is 9.80 Å². The topological polar surface area (TPSA) is 126 Å². The summed E-state index contributed by atoms with van der Waals surface area (Å²) in [6.45, 7) is 45.5. The molecule has 13 nitrogen and oxygen atoms in total. The summed E-state index contributed by atoms with van der Waals surface area (Å²) < 4.78 is 31.8. The number of ether oxygens (including phenoxy) is 2. The van der Waals surface area contributed by atoms with Gasteiger partial charge in [0.05, 0.1) is 0 Å². The van der Waals surface area contributed by atoms with Crippen LogP contribution in [0, 0.1) is 23.7 Å². The number of halogens is 2. The van der Waals surface area contributed by atoms with E-state index >= 15 is 0 Å². The Balaban J connectivity index is 0.000000183. The molecule has 1 aliphatic carbocycles. The highest BCUT2D eigenvalue weighted by atomic mass is 79.9. The Morgan fingerprint density at radius 2 is 0.710 bits per heavy atom. The van der Waals surface area contributed by atoms with Crippen molar-refractivity contribution in [3.63, 3.8) is 0 Å². The van der Waals surface area contributed by atoms with Crippen LogP contribution in [0.2, 0.25) is 15.1 Å². The fourth-order valence-corrected chi connectivity index (χ4v) is 31.6. The number of hydrogen-bond donors (Lipinski definition) is 2. The van der Waals surface area contributed by atoms with Crippen LogP contribution in [0.4, 0.5) is 9.59 Å². The van der Waals surface area contributed by atoms with Gasteiger partial charge in [-0.05, 0) is 182 Å². The molecule has 6 fully saturated rings. The van der Waals surface area contributed by atoms with E-state index < -0.39 is 30.6 Å². The smallest absolute Gasteiger partial charge is 0.410 e. The quantitative estimate of drug-likeness (QED) is 0.0383. The molecule has 588 valence electrons. The third kappa shape index (κ3) is 23.4. The molecule has 0 aromatic heterocycles. The molecule has 1 saturated carbocycles. The number of carbonyl (C=O) groups excluding carboxylic acids is 2. The molecule has 2 amide bonds. The highest BCUT2D eigenvalue weighted by Crippen LogP contribution is 2.42. The van der Waals surface area contributed by atoms with E-state index in [4.69, 9.17) is 27.9 Å². The van der Waals surface area contributed by atoms with Gasteiger partial charge in [0.1, 0.15) is 11.2 Å². The van der Waals surface area contributed by atoms with Crippen LogP contribution in [-0.2, 0) is 22.8 Å². The number of benzene rings is 6. The number of likely N-dealkylation sites (tertiary alicyclic amines) is 4. The third-order valence-electron chi connectivity index (χ3n) is 22.2. The van der Waals surface area contributed by atoms with Gasteiger partial charge in [0.25, 0.3) is 25.0 Å². The van der Waals surface area contributed by atoms with Crippen molar-refractivity contribution < 1.29 is 37.4 Å². The predicted molar refractivity (Wildman–Crippen MR) is 460 cm³/mol. The molecule has 0 radical (unpaired) electrons. The van der Waals surface area contributed by atoms with Crippen molar-refractivity contribution in [3.05, 3.63) is 182 Å². The van der Waals surface area contributed by atoms with Gasteiger partial charge in [0.15, 0.2) is 0 Å². The average molecular weight is 1650 g/mol. The first-order valence-corrected chi connectivity index (χ1v) is 48.0. The maximum Gasteiger partial charge on any atom is 0.410 e. The van der Waals surface area contributed by atoms with Crippen molar-refractivity contribution in [1.29, 1.82) is 0 Å². The minimum Gasteiger partial charge on any atom is -0.444 e. The number of fused-ring (bicyclic) bond motifs is 3. The molecule has 3 unspecified atom stereocenters. The highest BCUT2D eigenvalue weighted by molar-refractivity contribution is 9.09. The predicted octanol–water partition coefficient (Wildman–Crippen LogP) is 15.9. The first-order valence-electron chi connectivity index (χ1n) is 40.1. The summed E-state index contributed by atoms with van der Waals surface area (Å²) in [6.07, 6.45) is 10.1. The first-order chi connectivity index (χ1) is 50.9. The molecule has 5 aliphatic heterocycles. The summed E-state index contributed by atoms with van der Waals surface area (Å²) in [5, 5.41) is 21.7. The monoisotopic (exact) mass is 1640 g/mol. The number of carbonyl (C=O) groups is 2. The lowest BCUT2D eigenvalue weighted by Gasteiger charge is -2.43. The van der Waals surface area contributed by atoms with Crippen LogP contribution in [0.1, 0.15) is 162 Å². The van der Waals surface area contributed by atoms with Gasteiger partial charge in [0, 0.05) is 95.0 Å². The average Bonchev–Trinajstić information content (AvgIpc) is 1.44. The fourth-order valence-electron chi connectivity index (χ4n) is 17.3. The highest BCUT2D eigenvalue weighted by Gasteiger charge is 2.53. The number of nitrogens with one attached hydrogen (secondary N) is 1. The largest absolute Gasteiger partial charge is 0.444 e. The summed E-state index contributed by atoms with van der Waals surface area (Å²) in [5.41, 5.74) is -0.818. The van der Waals surface area contributed by atoms with Crippen LogP contribution in [0.25, 0.3) is 0 Å². The Morgan fingerprint density at radius 3 is 1.02 bits per heavy atom. The van der Waals surface area contributed by atoms with E-state index in [2.05, 4.69) is 291 Å². The van der Waals surface area contributed by atoms with E-state index in [1.807, 2.05) is 51.3 Å². The summed E-state index contributed by atoms with van der Waals surface area (Å²) in [7, 11) is -7.18. The van der Waals surface area contributed by atoms with Crippen molar-refractivity contribution in [2.45, 2.75) is 200 Å². The van der Waals surface area contributed by atoms with Gasteiger partial charge >= 0.3 is 12.2 Å². The van der Waals surface area contributed by atoms with Crippen molar-refractivity contribution >= 4 is 100 Å². The second-order valence-corrected chi connectivity index (χ2v) is 49.7. The Bertz CT molecular complexity index is 3410. The third-order valence-corrected chi connectivity index (χ3v) is 38.5. The number of hydrogen-bond acceptors (Lipinski definition) is 11. The molecule has 6 atom stereocenters. The van der Waals surface area contributed by atoms with Crippen LogP contribution in [0.3, 0.4) is 0 Å². The standard InChI is InChI=1S/C30H44N2O3Si.C25H36N2OSi.C19H25BrOSi.C12H21NO2.C3H7BrO/c1-29(2,3)35-28(33)32-22-24-18-20-31(27(24)23-32)19-13-21-34-36(30(4,5)6,25-14-9-7-10-15-25)26-16-11-8-12-17-26;1-25(2,3)29(22-11-6-4-7-12-22,23-13-8-5-9-14-23)28-18-10-16-27-17-15-21-19-26-20-24(21)27;1-19(2,3)22(21-16-10-15-20,17-11-6-4-7-12-17)18-13-8-5-9-14-18;1-12(2,3)15-11(14)13-7-9-5-4-6-10(9)8-13;4-2-1-3-5/h7-12,14-17,24,27H,13,18-23H2,1-6H3;4-9,11-14,21,24,26H,10,15-20H2,1-3H3;4-9,11-14H,10,15-16H2,1-3H3;9-10H,4-8H2,1-3H3;5H,1-3H2/t24?,27-;21?,24-;;9-,10?;/m11.1./s1. The normalized spacial score (nSPS) is 20.4. The van der Waals surface area contributed by atoms with Crippen LogP contribution in [0.5, 0.6) is 0 Å². The maximum atomic E-state index is 12.6. The zero-order valence-electron chi connectivity index (χ0n) is 67.8. The fraction of sp³-hybridized carbons (Fsp3) is 0.573. The number of amides is 2. The van der Waals surface area contributed by atoms with Crippen molar-refractivity contribution in [1.82, 2.24) is 24.9 Å². The van der Waals surface area contributed by atoms with Crippen LogP contribution in [0.15, 0.2) is 182 Å². The summed E-state index contributed by atoms with van der Waals surface area (Å²) in [4.78, 5) is 33.5. The zero-order valence-corrected chi connectivity index (χ0v) is 74.0. The summed E-state index contributed by atoms with van der Waals surface area (Å²) >= 11 is 6.67. The van der Waals surface area contributed by atoms with E-state index in [1.54, 1.807) is 0 Å². The molecular formula is C89H133Br2N5O8Si3. The van der Waals surface area contributed by atoms with Crippen molar-refractivity contribution in [2.24, 2.45) is 23.7 Å². The van der Waals surface area contributed by atoms with Crippen molar-refractivity contribution in [3.8, 4) is 0 Å². The van der Waals surface area contributed by atoms with Gasteiger partial charge < -0.3 is 43.0 Å². The van der Waals surface area contributed by atoms with Gasteiger partial charge in [-0.1, -0.05) is 283 Å². The van der Waals surface area contributed by atoms with E-state index in [0.29, 0.717) is 18.6 Å². The lowest BCUT2D eigenvalue weighted by Crippen LogP contribution is -2.66. The Hall–Kier alpha value is -4.81. The molecule has 5 saturated heterocycles. The molecule has 5 heterocycles. The van der Waals surface area contributed by atoms with Crippen LogP contribution >= 0.6 is 31.9 Å². The lowest BCUT2D eigenvalue weighted by molar-refractivity contribution is 0.0265. The molecule has 6 aromatic carbocycles. The number of nitrogens with zero attached hydrogens (tertiary/aromatic N) is 4. The van der Waals surface area contributed by atoms with Gasteiger partial charge in [-0.2, -0.15) is 0 Å². The molecule has 6 aliphatic rings. The van der Waals surface area contributed by atoms with E-state index in [9.17, 15) is 9.59 Å². The second kappa shape index (κ2) is 40.6. The van der Waals surface area contributed by atoms with E-state index in [1.165, 1.54) is 76.4 Å². The summed E-state index contributed by atoms with van der Waals surface area (Å²) in [5.74, 6) is 2.91. The minimum atomic E-state index is -2.49. The zero-order chi connectivity index (χ0) is 77.5. The van der Waals surface area contributed by atoms with Crippen LogP contribution in [-0.4, -0.2) is 188 Å². The van der Waals surface area contributed by atoms with Crippen molar-refractivity contribution in [2.75, 3.05) is 103 Å². The number of rotatable bonds is 22. The SMILES string of the molecule is CC(C)(C)OC(=O)N1CC2CCC[C@@H]2C1.CC(C)(C)OC(=O)N1CC2CCN(CCCO[Si](c3ccccc3)(c3ccccc3)C(C)(C)C)[C@@H]2C1.CC(C)(C)[Si](OCCCBr)(c1ccccc1)c1ccccc1.CC(C)(C)[Si](OCCCN1CCC2CNC[C@H]21)(c1ccccc1)c1ccccc1.OCCCBr. The molecule has 6 aromatic rings. The minimum absolute atomic E-state index is 0.00613. The molecule has 2 N–H and O–H groups in total. The van der Waals surface area contributed by atoms with Gasteiger partial charge in [-0.25, -0.2) is 9.59 Å². The maximum absolute atomic E-state index is 12.6. The number of aliphatic hydroxyl groups excluding tert-OH is 1. The second-order valence-electron chi connectivity index (χ2n) is 35.2. The first kappa shape index (κ1) is 87.8. The molecule has 0 spiro atoms. The Morgan fingerprint density at radius 1 is 0.402 bits per heavy atom. The molecule has 12 rings (SSSR count). The Labute approximate surface area is 666 Å². The molecular weight excluding hydrogens is 1510 g/mol. The molecule has 18 heteroatoms. The molecule has 0 bridgehead atoms. The number of alkyl halides is 2. The Kier molecular flexibility index (Phi) is 33.3. The summed E-state index contributed by atoms with van der Waals surface area (Å²) in [6, 6.07) is 66.5.